The zero-order chi connectivity index (χ0) is 12.7. The van der Waals surface area contributed by atoms with Gasteiger partial charge in [0.2, 0.25) is 0 Å². The van der Waals surface area contributed by atoms with Crippen LogP contribution in [-0.2, 0) is 0 Å². The first-order valence-electron chi connectivity index (χ1n) is 5.47. The molecular weight excluding hydrogens is 231 g/mol. The van der Waals surface area contributed by atoms with E-state index >= 15 is 0 Å². The van der Waals surface area contributed by atoms with E-state index in [2.05, 4.69) is 5.32 Å². The van der Waals surface area contributed by atoms with Gasteiger partial charge in [0.1, 0.15) is 11.3 Å². The van der Waals surface area contributed by atoms with E-state index in [-0.39, 0.29) is 18.6 Å². The Balaban J connectivity index is 2.10. The van der Waals surface area contributed by atoms with E-state index < -0.39 is 17.8 Å². The number of alkyl halides is 3. The van der Waals surface area contributed by atoms with Crippen LogP contribution in [0.3, 0.4) is 0 Å². The van der Waals surface area contributed by atoms with Gasteiger partial charge in [-0.05, 0) is 37.5 Å². The van der Waals surface area contributed by atoms with Crippen molar-refractivity contribution in [2.24, 2.45) is 0 Å². The number of benzene rings is 1. The average molecular weight is 245 g/mol. The van der Waals surface area contributed by atoms with Crippen molar-refractivity contribution in [2.45, 2.75) is 37.5 Å². The van der Waals surface area contributed by atoms with Crippen LogP contribution in [0.5, 0.6) is 5.75 Å². The molecule has 1 aromatic carbocycles. The van der Waals surface area contributed by atoms with Gasteiger partial charge in [-0.2, -0.15) is 13.2 Å². The normalized spacial score (nSPS) is 20.0. The maximum atomic E-state index is 12.7. The van der Waals surface area contributed by atoms with Gasteiger partial charge < -0.3 is 5.11 Å². The van der Waals surface area contributed by atoms with Crippen molar-refractivity contribution >= 4 is 0 Å². The van der Waals surface area contributed by atoms with E-state index in [0.717, 1.165) is 0 Å². The third-order valence-corrected chi connectivity index (χ3v) is 3.16. The van der Waals surface area contributed by atoms with Crippen LogP contribution < -0.4 is 5.32 Å². The molecule has 0 aromatic heterocycles. The van der Waals surface area contributed by atoms with Crippen molar-refractivity contribution in [2.75, 3.05) is 0 Å². The number of phenols is 1. The highest BCUT2D eigenvalue weighted by atomic mass is 19.4. The lowest BCUT2D eigenvalue weighted by Gasteiger charge is -2.25. The van der Waals surface area contributed by atoms with Crippen molar-refractivity contribution in [1.29, 1.82) is 0 Å². The first kappa shape index (κ1) is 12.2. The number of hydrogen-bond donors (Lipinski definition) is 2. The summed E-state index contributed by atoms with van der Waals surface area (Å²) in [6.45, 7) is 1.67. The third-order valence-electron chi connectivity index (χ3n) is 3.16. The summed E-state index contributed by atoms with van der Waals surface area (Å²) in [6, 6.07) is 5.85. The molecule has 0 spiro atoms. The summed E-state index contributed by atoms with van der Waals surface area (Å²) >= 11 is 0. The van der Waals surface area contributed by atoms with Gasteiger partial charge in [0.25, 0.3) is 0 Å². The third kappa shape index (κ3) is 2.39. The average Bonchev–Trinajstić information content (AvgIpc) is 2.98. The molecule has 0 heterocycles. The number of rotatable bonds is 3. The highest BCUT2D eigenvalue weighted by molar-refractivity contribution is 5.29. The molecule has 0 saturated heterocycles. The molecule has 1 aliphatic carbocycles. The van der Waals surface area contributed by atoms with Crippen molar-refractivity contribution in [3.05, 3.63) is 29.8 Å². The number of phenolic OH excluding ortho intramolecular Hbond substituents is 1. The molecule has 1 aromatic rings. The van der Waals surface area contributed by atoms with Crippen LogP contribution in [-0.4, -0.2) is 16.8 Å². The van der Waals surface area contributed by atoms with Crippen molar-refractivity contribution < 1.29 is 18.3 Å². The van der Waals surface area contributed by atoms with E-state index in [1.807, 2.05) is 0 Å². The Bertz CT molecular complexity index is 412. The van der Waals surface area contributed by atoms with Gasteiger partial charge in [0, 0.05) is 6.04 Å². The molecule has 1 atom stereocenters. The summed E-state index contributed by atoms with van der Waals surface area (Å²) in [4.78, 5) is 0. The fourth-order valence-corrected chi connectivity index (χ4v) is 1.93. The predicted molar refractivity (Wildman–Crippen MR) is 57.7 cm³/mol. The molecule has 1 unspecified atom stereocenters. The largest absolute Gasteiger partial charge is 0.508 e. The second kappa shape index (κ2) is 3.91. The molecule has 2 nitrogen and oxygen atoms in total. The monoisotopic (exact) mass is 245 g/mol. The highest BCUT2D eigenvalue weighted by Crippen LogP contribution is 2.50. The maximum absolute atomic E-state index is 12.7. The molecule has 1 aliphatic rings. The SMILES string of the molecule is CC(NC1(C(F)(F)F)CC1)c1cccc(O)c1. The minimum Gasteiger partial charge on any atom is -0.508 e. The fraction of sp³-hybridized carbons (Fsp3) is 0.500. The minimum absolute atomic E-state index is 0.0630. The number of nitrogens with one attached hydrogen (secondary N) is 1. The van der Waals surface area contributed by atoms with E-state index in [1.54, 1.807) is 19.1 Å². The van der Waals surface area contributed by atoms with E-state index in [4.69, 9.17) is 0 Å². The molecule has 17 heavy (non-hydrogen) atoms. The van der Waals surface area contributed by atoms with Gasteiger partial charge >= 0.3 is 6.18 Å². The summed E-state index contributed by atoms with van der Waals surface area (Å²) in [5.74, 6) is 0.0630. The molecule has 94 valence electrons. The van der Waals surface area contributed by atoms with E-state index in [1.165, 1.54) is 12.1 Å². The van der Waals surface area contributed by atoms with E-state index in [0.29, 0.717) is 5.56 Å². The van der Waals surface area contributed by atoms with Crippen molar-refractivity contribution in [3.8, 4) is 5.75 Å². The Morgan fingerprint density at radius 1 is 1.35 bits per heavy atom. The molecule has 2 N–H and O–H groups in total. The molecule has 0 aliphatic heterocycles. The zero-order valence-electron chi connectivity index (χ0n) is 9.38. The van der Waals surface area contributed by atoms with Gasteiger partial charge in [0.05, 0.1) is 0 Å². The molecule has 0 bridgehead atoms. The second-order valence-electron chi connectivity index (χ2n) is 4.54. The second-order valence-corrected chi connectivity index (χ2v) is 4.54. The lowest BCUT2D eigenvalue weighted by Crippen LogP contribution is -2.45. The van der Waals surface area contributed by atoms with Crippen LogP contribution >= 0.6 is 0 Å². The van der Waals surface area contributed by atoms with Gasteiger partial charge in [0.15, 0.2) is 0 Å². The Hall–Kier alpha value is -1.23. The Labute approximate surface area is 97.5 Å². The molecule has 0 amide bonds. The van der Waals surface area contributed by atoms with Crippen LogP contribution in [0.1, 0.15) is 31.4 Å². The first-order valence-corrected chi connectivity index (χ1v) is 5.47. The number of halogens is 3. The van der Waals surface area contributed by atoms with Crippen LogP contribution in [0.25, 0.3) is 0 Å². The van der Waals surface area contributed by atoms with Gasteiger partial charge in [-0.25, -0.2) is 0 Å². The zero-order valence-corrected chi connectivity index (χ0v) is 9.38. The lowest BCUT2D eigenvalue weighted by molar-refractivity contribution is -0.167. The Kier molecular flexibility index (Phi) is 2.81. The van der Waals surface area contributed by atoms with Gasteiger partial charge in [-0.1, -0.05) is 12.1 Å². The summed E-state index contributed by atoms with van der Waals surface area (Å²) in [5, 5.41) is 11.9. The van der Waals surface area contributed by atoms with Crippen LogP contribution in [0.15, 0.2) is 24.3 Å². The molecular formula is C12H14F3NO. The Morgan fingerprint density at radius 3 is 2.47 bits per heavy atom. The van der Waals surface area contributed by atoms with Crippen LogP contribution in [0.4, 0.5) is 13.2 Å². The topological polar surface area (TPSA) is 32.3 Å². The number of hydrogen-bond acceptors (Lipinski definition) is 2. The Morgan fingerprint density at radius 2 is 2.00 bits per heavy atom. The minimum atomic E-state index is -4.21. The fourth-order valence-electron chi connectivity index (χ4n) is 1.93. The molecule has 1 saturated carbocycles. The predicted octanol–water partition coefficient (Wildman–Crippen LogP) is 3.14. The first-order chi connectivity index (χ1) is 7.84. The molecule has 0 radical (unpaired) electrons. The smallest absolute Gasteiger partial charge is 0.406 e. The van der Waals surface area contributed by atoms with Crippen LogP contribution in [0.2, 0.25) is 0 Å². The molecule has 1 fully saturated rings. The summed E-state index contributed by atoms with van der Waals surface area (Å²) in [6.07, 6.45) is -3.96. The summed E-state index contributed by atoms with van der Waals surface area (Å²) in [7, 11) is 0. The number of aromatic hydroxyl groups is 1. The summed E-state index contributed by atoms with van der Waals surface area (Å²) in [5.41, 5.74) is -1.07. The van der Waals surface area contributed by atoms with Gasteiger partial charge in [-0.3, -0.25) is 5.32 Å². The quantitative estimate of drug-likeness (QED) is 0.857. The summed E-state index contributed by atoms with van der Waals surface area (Å²) < 4.78 is 38.2. The van der Waals surface area contributed by atoms with Crippen molar-refractivity contribution in [1.82, 2.24) is 5.32 Å². The van der Waals surface area contributed by atoms with Crippen molar-refractivity contribution in [3.63, 3.8) is 0 Å². The standard InChI is InChI=1S/C12H14F3NO/c1-8(9-3-2-4-10(17)7-9)16-11(5-6-11)12(13,14)15/h2-4,7-8,16-17H,5-6H2,1H3. The molecule has 5 heteroatoms. The lowest BCUT2D eigenvalue weighted by atomic mass is 10.1. The highest BCUT2D eigenvalue weighted by Gasteiger charge is 2.63. The van der Waals surface area contributed by atoms with E-state index in [9.17, 15) is 18.3 Å². The maximum Gasteiger partial charge on any atom is 0.406 e. The molecule has 2 rings (SSSR count). The van der Waals surface area contributed by atoms with Crippen LogP contribution in [0, 0.1) is 0 Å². The van der Waals surface area contributed by atoms with Gasteiger partial charge in [-0.15, -0.1) is 0 Å².